The Kier molecular flexibility index (Phi) is 6.77. The maximum atomic E-state index is 12.6. The Labute approximate surface area is 172 Å². The van der Waals surface area contributed by atoms with E-state index >= 15 is 0 Å². The van der Waals surface area contributed by atoms with Crippen LogP contribution in [-0.4, -0.2) is 58.0 Å². The molecular formula is C22H31N5O2. The van der Waals surface area contributed by atoms with E-state index in [0.717, 1.165) is 43.9 Å². The van der Waals surface area contributed by atoms with Gasteiger partial charge >= 0.3 is 6.03 Å². The number of hydrogen-bond acceptors (Lipinski definition) is 4. The van der Waals surface area contributed by atoms with E-state index in [4.69, 9.17) is 4.74 Å². The highest BCUT2D eigenvalue weighted by atomic mass is 16.5. The highest BCUT2D eigenvalue weighted by molar-refractivity contribution is 5.74. The molecule has 0 radical (unpaired) electrons. The number of nitrogens with one attached hydrogen (secondary N) is 1. The van der Waals surface area contributed by atoms with Crippen molar-refractivity contribution in [1.82, 2.24) is 25.0 Å². The summed E-state index contributed by atoms with van der Waals surface area (Å²) in [6.45, 7) is 3.48. The van der Waals surface area contributed by atoms with Gasteiger partial charge in [-0.05, 0) is 31.2 Å². The number of aromatic nitrogens is 3. The number of nitrogens with zero attached hydrogens (tertiary/aromatic N) is 4. The molecule has 2 aliphatic heterocycles. The Balaban J connectivity index is 1.22. The standard InChI is InChI=1S/C22H31N5O2/c28-22(23-13-12-21-25-24-20-9-5-2-6-14-27(20)21)26-15-16-29-19(17-26)11-10-18-7-3-1-4-8-18/h1,3-4,7-8,19H,2,5-6,9-17H2,(H,23,28). The van der Waals surface area contributed by atoms with Gasteiger partial charge in [0.05, 0.1) is 12.7 Å². The van der Waals surface area contributed by atoms with Gasteiger partial charge in [-0.15, -0.1) is 10.2 Å². The van der Waals surface area contributed by atoms with Crippen LogP contribution in [0, 0.1) is 0 Å². The summed E-state index contributed by atoms with van der Waals surface area (Å²) in [6.07, 6.45) is 7.36. The third-order valence-corrected chi connectivity index (χ3v) is 5.83. The lowest BCUT2D eigenvalue weighted by Crippen LogP contribution is -2.50. The minimum absolute atomic E-state index is 0.00591. The minimum Gasteiger partial charge on any atom is -0.375 e. The predicted molar refractivity (Wildman–Crippen MR) is 111 cm³/mol. The third kappa shape index (κ3) is 5.35. The SMILES string of the molecule is O=C(NCCc1nnc2n1CCCCC2)N1CCOC(CCc2ccccc2)C1. The molecular weight excluding hydrogens is 366 g/mol. The molecule has 2 aliphatic rings. The van der Waals surface area contributed by atoms with E-state index < -0.39 is 0 Å². The number of amides is 2. The molecule has 7 nitrogen and oxygen atoms in total. The fraction of sp³-hybridized carbons (Fsp3) is 0.591. The number of rotatable bonds is 6. The molecule has 156 valence electrons. The van der Waals surface area contributed by atoms with Crippen LogP contribution in [0.25, 0.3) is 0 Å². The lowest BCUT2D eigenvalue weighted by Gasteiger charge is -2.33. The molecule has 3 heterocycles. The van der Waals surface area contributed by atoms with Gasteiger partial charge in [0.1, 0.15) is 11.6 Å². The number of hydrogen-bond donors (Lipinski definition) is 1. The van der Waals surface area contributed by atoms with Crippen molar-refractivity contribution in [2.24, 2.45) is 0 Å². The second-order valence-corrected chi connectivity index (χ2v) is 7.94. The van der Waals surface area contributed by atoms with E-state index in [0.29, 0.717) is 26.2 Å². The number of aryl methyl sites for hydroxylation is 2. The minimum atomic E-state index is -0.00591. The van der Waals surface area contributed by atoms with E-state index in [9.17, 15) is 4.79 Å². The summed E-state index contributed by atoms with van der Waals surface area (Å²) in [5.41, 5.74) is 1.31. The molecule has 1 aromatic carbocycles. The molecule has 0 bridgehead atoms. The van der Waals surface area contributed by atoms with Crippen LogP contribution < -0.4 is 5.32 Å². The Morgan fingerprint density at radius 3 is 2.90 bits per heavy atom. The quantitative estimate of drug-likeness (QED) is 0.813. The fourth-order valence-electron chi connectivity index (χ4n) is 4.17. The molecule has 0 saturated carbocycles. The van der Waals surface area contributed by atoms with Crippen LogP contribution in [0.4, 0.5) is 4.79 Å². The predicted octanol–water partition coefficient (Wildman–Crippen LogP) is 2.59. The van der Waals surface area contributed by atoms with Gasteiger partial charge in [0.15, 0.2) is 0 Å². The average molecular weight is 398 g/mol. The molecule has 0 aliphatic carbocycles. The normalized spacial score (nSPS) is 19.4. The number of urea groups is 1. The first-order valence-corrected chi connectivity index (χ1v) is 10.9. The molecule has 1 unspecified atom stereocenters. The second-order valence-electron chi connectivity index (χ2n) is 7.94. The maximum absolute atomic E-state index is 12.6. The molecule has 1 atom stereocenters. The van der Waals surface area contributed by atoms with Crippen molar-refractivity contribution < 1.29 is 9.53 Å². The molecule has 1 fully saturated rings. The molecule has 0 spiro atoms. The molecule has 1 aromatic heterocycles. The molecule has 29 heavy (non-hydrogen) atoms. The first kappa shape index (κ1) is 19.9. The molecule has 1 saturated heterocycles. The molecule has 2 aromatic rings. The first-order valence-electron chi connectivity index (χ1n) is 10.9. The number of fused-ring (bicyclic) bond motifs is 1. The van der Waals surface area contributed by atoms with Crippen LogP contribution >= 0.6 is 0 Å². The summed E-state index contributed by atoms with van der Waals surface area (Å²) in [5, 5.41) is 11.7. The highest BCUT2D eigenvalue weighted by Crippen LogP contribution is 2.15. The smallest absolute Gasteiger partial charge is 0.317 e. The zero-order chi connectivity index (χ0) is 19.9. The van der Waals surface area contributed by atoms with Crippen LogP contribution in [0.1, 0.15) is 42.9 Å². The van der Waals surface area contributed by atoms with Crippen molar-refractivity contribution in [3.05, 3.63) is 47.5 Å². The average Bonchev–Trinajstić information content (AvgIpc) is 2.99. The van der Waals surface area contributed by atoms with E-state index in [1.165, 1.54) is 24.8 Å². The number of ether oxygens (including phenoxy) is 1. The van der Waals surface area contributed by atoms with Gasteiger partial charge in [0.2, 0.25) is 0 Å². The van der Waals surface area contributed by atoms with E-state index in [1.54, 1.807) is 0 Å². The van der Waals surface area contributed by atoms with Crippen LogP contribution in [0.15, 0.2) is 30.3 Å². The summed E-state index contributed by atoms with van der Waals surface area (Å²) >= 11 is 0. The van der Waals surface area contributed by atoms with Gasteiger partial charge < -0.3 is 19.5 Å². The summed E-state index contributed by atoms with van der Waals surface area (Å²) in [7, 11) is 0. The maximum Gasteiger partial charge on any atom is 0.317 e. The second kappa shape index (κ2) is 9.87. The number of benzene rings is 1. The Morgan fingerprint density at radius 1 is 1.10 bits per heavy atom. The largest absolute Gasteiger partial charge is 0.375 e. The summed E-state index contributed by atoms with van der Waals surface area (Å²) in [4.78, 5) is 14.5. The van der Waals surface area contributed by atoms with Crippen molar-refractivity contribution in [1.29, 1.82) is 0 Å². The number of carbonyl (C=O) groups is 1. The number of carbonyl (C=O) groups excluding carboxylic acids is 1. The molecule has 1 N–H and O–H groups in total. The zero-order valence-electron chi connectivity index (χ0n) is 17.1. The molecule has 4 rings (SSSR count). The van der Waals surface area contributed by atoms with Gasteiger partial charge in [-0.1, -0.05) is 36.8 Å². The van der Waals surface area contributed by atoms with Crippen LogP contribution in [0.3, 0.4) is 0 Å². The van der Waals surface area contributed by atoms with Crippen LogP contribution in [0.2, 0.25) is 0 Å². The lowest BCUT2D eigenvalue weighted by atomic mass is 10.1. The van der Waals surface area contributed by atoms with E-state index in [-0.39, 0.29) is 12.1 Å². The summed E-state index contributed by atoms with van der Waals surface area (Å²) in [6, 6.07) is 10.4. The molecule has 7 heteroatoms. The van der Waals surface area contributed by atoms with Gasteiger partial charge in [0.25, 0.3) is 0 Å². The lowest BCUT2D eigenvalue weighted by molar-refractivity contribution is -0.0175. The third-order valence-electron chi connectivity index (χ3n) is 5.83. The van der Waals surface area contributed by atoms with Crippen molar-refractivity contribution in [3.8, 4) is 0 Å². The van der Waals surface area contributed by atoms with Gasteiger partial charge in [-0.3, -0.25) is 0 Å². The van der Waals surface area contributed by atoms with Crippen molar-refractivity contribution >= 4 is 6.03 Å². The Morgan fingerprint density at radius 2 is 2.00 bits per heavy atom. The highest BCUT2D eigenvalue weighted by Gasteiger charge is 2.24. The van der Waals surface area contributed by atoms with Crippen molar-refractivity contribution in [3.63, 3.8) is 0 Å². The van der Waals surface area contributed by atoms with Gasteiger partial charge in [0, 0.05) is 39.0 Å². The van der Waals surface area contributed by atoms with Crippen LogP contribution in [0.5, 0.6) is 0 Å². The molecule has 2 amide bonds. The summed E-state index contributed by atoms with van der Waals surface area (Å²) < 4.78 is 8.12. The monoisotopic (exact) mass is 397 g/mol. The topological polar surface area (TPSA) is 72.3 Å². The van der Waals surface area contributed by atoms with Crippen molar-refractivity contribution in [2.45, 2.75) is 57.6 Å². The van der Waals surface area contributed by atoms with Crippen LogP contribution in [-0.2, 0) is 30.5 Å². The first-order chi connectivity index (χ1) is 14.3. The zero-order valence-corrected chi connectivity index (χ0v) is 17.1. The van der Waals surface area contributed by atoms with Gasteiger partial charge in [-0.2, -0.15) is 0 Å². The number of morpholine rings is 1. The fourth-order valence-corrected chi connectivity index (χ4v) is 4.17. The summed E-state index contributed by atoms with van der Waals surface area (Å²) in [5.74, 6) is 2.09. The Hall–Kier alpha value is -2.41. The van der Waals surface area contributed by atoms with E-state index in [1.807, 2.05) is 11.0 Å². The van der Waals surface area contributed by atoms with Crippen molar-refractivity contribution in [2.75, 3.05) is 26.2 Å². The van der Waals surface area contributed by atoms with E-state index in [2.05, 4.69) is 44.3 Å². The van der Waals surface area contributed by atoms with Gasteiger partial charge in [-0.25, -0.2) is 4.79 Å². The Bertz CT molecular complexity index is 792.